The largest absolute Gasteiger partial charge is 0.493 e. The molecule has 4 nitrogen and oxygen atoms in total. The normalized spacial score (nSPS) is 11.9. The van der Waals surface area contributed by atoms with Gasteiger partial charge >= 0.3 is 0 Å². The van der Waals surface area contributed by atoms with E-state index < -0.39 is 5.54 Å². The highest BCUT2D eigenvalue weighted by Gasteiger charge is 2.31. The third-order valence-electron chi connectivity index (χ3n) is 3.84. The van der Waals surface area contributed by atoms with Gasteiger partial charge in [0.1, 0.15) is 5.56 Å². The Morgan fingerprint density at radius 2 is 1.86 bits per heavy atom. The van der Waals surface area contributed by atoms with E-state index in [2.05, 4.69) is 17.2 Å². The lowest BCUT2D eigenvalue weighted by Crippen LogP contribution is -2.30. The molecule has 0 radical (unpaired) electrons. The summed E-state index contributed by atoms with van der Waals surface area (Å²) in [6.45, 7) is 9.45. The molecule has 0 spiro atoms. The summed E-state index contributed by atoms with van der Waals surface area (Å²) < 4.78 is 1.59. The van der Waals surface area contributed by atoms with Crippen molar-refractivity contribution in [3.63, 3.8) is 0 Å². The molecule has 0 fully saturated rings. The quantitative estimate of drug-likeness (QED) is 0.852. The summed E-state index contributed by atoms with van der Waals surface area (Å²) in [5, 5.41) is 15.1. The van der Waals surface area contributed by atoms with Gasteiger partial charge < -0.3 is 5.11 Å². The van der Waals surface area contributed by atoms with Gasteiger partial charge in [-0.15, -0.1) is 0 Å². The van der Waals surface area contributed by atoms with Gasteiger partial charge in [0.2, 0.25) is 5.88 Å². The van der Waals surface area contributed by atoms with E-state index in [9.17, 15) is 9.90 Å². The van der Waals surface area contributed by atoms with Gasteiger partial charge in [0.05, 0.1) is 11.2 Å². The first kappa shape index (κ1) is 16.3. The third-order valence-corrected chi connectivity index (χ3v) is 3.84. The molecule has 0 saturated heterocycles. The smallest absolute Gasteiger partial charge is 0.221 e. The van der Waals surface area contributed by atoms with Crippen LogP contribution in [-0.2, 0) is 12.0 Å². The lowest BCUT2D eigenvalue weighted by Gasteiger charge is -2.26. The number of Topliss-reactive ketones (excluding diaryl/α,β-unsaturated/α-hetero) is 1. The first-order chi connectivity index (χ1) is 10.2. The number of carbonyl (C=O) groups excluding carboxylic acids is 1. The van der Waals surface area contributed by atoms with E-state index in [1.807, 2.05) is 45.9 Å². The van der Waals surface area contributed by atoms with E-state index >= 15 is 0 Å². The van der Waals surface area contributed by atoms with Crippen molar-refractivity contribution in [3.05, 3.63) is 47.2 Å². The average molecular weight is 300 g/mol. The number of carbonyl (C=O) groups is 1. The number of aromatic hydroxyl groups is 1. The predicted molar refractivity (Wildman–Crippen MR) is 87.5 cm³/mol. The van der Waals surface area contributed by atoms with Gasteiger partial charge in [0.15, 0.2) is 5.78 Å². The molecule has 0 unspecified atom stereocenters. The number of hydrogen-bond donors (Lipinski definition) is 1. The second kappa shape index (κ2) is 5.95. The number of rotatable bonds is 5. The van der Waals surface area contributed by atoms with Crippen LogP contribution >= 0.6 is 0 Å². The van der Waals surface area contributed by atoms with Crippen molar-refractivity contribution in [1.29, 1.82) is 0 Å². The summed E-state index contributed by atoms with van der Waals surface area (Å²) in [7, 11) is 0. The topological polar surface area (TPSA) is 55.1 Å². The molecule has 0 atom stereocenters. The average Bonchev–Trinajstić information content (AvgIpc) is 2.78. The fourth-order valence-corrected chi connectivity index (χ4v) is 2.76. The fraction of sp³-hybridized carbons (Fsp3) is 0.444. The predicted octanol–water partition coefficient (Wildman–Crippen LogP) is 3.89. The highest BCUT2D eigenvalue weighted by molar-refractivity contribution is 5.97. The van der Waals surface area contributed by atoms with Gasteiger partial charge in [-0.25, -0.2) is 4.68 Å². The number of aromatic nitrogens is 2. The summed E-state index contributed by atoms with van der Waals surface area (Å²) in [5.41, 5.74) is 1.74. The minimum absolute atomic E-state index is 0.0304. The van der Waals surface area contributed by atoms with Crippen LogP contribution < -0.4 is 0 Å². The Hall–Kier alpha value is -2.10. The van der Waals surface area contributed by atoms with Crippen LogP contribution in [0.15, 0.2) is 30.3 Å². The molecular weight excluding hydrogens is 276 g/mol. The van der Waals surface area contributed by atoms with Gasteiger partial charge in [-0.1, -0.05) is 44.2 Å². The van der Waals surface area contributed by atoms with Crippen LogP contribution in [-0.4, -0.2) is 20.7 Å². The summed E-state index contributed by atoms with van der Waals surface area (Å²) in [6.07, 6.45) is 0.720. The maximum absolute atomic E-state index is 11.9. The van der Waals surface area contributed by atoms with E-state index in [1.54, 1.807) is 4.68 Å². The molecule has 1 aromatic carbocycles. The van der Waals surface area contributed by atoms with Crippen LogP contribution in [0.3, 0.4) is 0 Å². The molecule has 1 heterocycles. The molecule has 0 amide bonds. The van der Waals surface area contributed by atoms with E-state index in [1.165, 1.54) is 6.92 Å². The molecule has 1 aromatic heterocycles. The Kier molecular flexibility index (Phi) is 4.40. The van der Waals surface area contributed by atoms with Crippen molar-refractivity contribution in [2.24, 2.45) is 0 Å². The van der Waals surface area contributed by atoms with Gasteiger partial charge in [-0.05, 0) is 38.7 Å². The van der Waals surface area contributed by atoms with E-state index in [0.29, 0.717) is 11.3 Å². The molecule has 2 aromatic rings. The summed E-state index contributed by atoms with van der Waals surface area (Å²) in [6, 6.07) is 10.1. The third kappa shape index (κ3) is 3.06. The Morgan fingerprint density at radius 3 is 2.32 bits per heavy atom. The molecule has 0 aliphatic heterocycles. The van der Waals surface area contributed by atoms with E-state index in [4.69, 9.17) is 0 Å². The number of ketones is 1. The van der Waals surface area contributed by atoms with Crippen molar-refractivity contribution in [3.8, 4) is 5.88 Å². The fourth-order valence-electron chi connectivity index (χ4n) is 2.76. The van der Waals surface area contributed by atoms with Crippen LogP contribution in [0, 0.1) is 0 Å². The number of hydrogen-bond acceptors (Lipinski definition) is 3. The standard InChI is InChI=1S/C18H24N2O2/c1-12(2)16-15(13(3)21)17(22)20(19-16)18(4,5)11-14-9-7-6-8-10-14/h6-10,12,22H,11H2,1-5H3. The van der Waals surface area contributed by atoms with Gasteiger partial charge in [0, 0.05) is 0 Å². The zero-order valence-corrected chi connectivity index (χ0v) is 13.9. The van der Waals surface area contributed by atoms with E-state index in [-0.39, 0.29) is 17.6 Å². The minimum Gasteiger partial charge on any atom is -0.493 e. The maximum atomic E-state index is 11.9. The van der Waals surface area contributed by atoms with Crippen molar-refractivity contribution in [2.75, 3.05) is 0 Å². The summed E-state index contributed by atoms with van der Waals surface area (Å²) in [5.74, 6) is -0.0985. The monoisotopic (exact) mass is 300 g/mol. The molecule has 4 heteroatoms. The number of benzene rings is 1. The minimum atomic E-state index is -0.428. The zero-order valence-electron chi connectivity index (χ0n) is 13.9. The van der Waals surface area contributed by atoms with Gasteiger partial charge in [0.25, 0.3) is 0 Å². The van der Waals surface area contributed by atoms with Gasteiger partial charge in [-0.2, -0.15) is 5.10 Å². The van der Waals surface area contributed by atoms with E-state index in [0.717, 1.165) is 12.0 Å². The van der Waals surface area contributed by atoms with Crippen LogP contribution in [0.4, 0.5) is 0 Å². The highest BCUT2D eigenvalue weighted by atomic mass is 16.3. The van der Waals surface area contributed by atoms with Gasteiger partial charge in [-0.3, -0.25) is 4.79 Å². The second-order valence-corrected chi connectivity index (χ2v) is 6.68. The molecule has 0 aliphatic rings. The number of nitrogens with zero attached hydrogens (tertiary/aromatic N) is 2. The molecule has 0 saturated carbocycles. The molecule has 0 bridgehead atoms. The van der Waals surface area contributed by atoms with Crippen molar-refractivity contribution >= 4 is 5.78 Å². The Labute approximate surface area is 131 Å². The first-order valence-electron chi connectivity index (χ1n) is 7.61. The lowest BCUT2D eigenvalue weighted by molar-refractivity contribution is 0.101. The van der Waals surface area contributed by atoms with Crippen LogP contribution in [0.2, 0.25) is 0 Å². The Balaban J connectivity index is 2.47. The SMILES string of the molecule is CC(=O)c1c(C(C)C)nn(C(C)(C)Cc2ccccc2)c1O. The zero-order chi connectivity index (χ0) is 16.5. The summed E-state index contributed by atoms with van der Waals surface area (Å²) in [4.78, 5) is 11.9. The highest BCUT2D eigenvalue weighted by Crippen LogP contribution is 2.33. The Bertz CT molecular complexity index is 670. The molecular formula is C18H24N2O2. The molecule has 1 N–H and O–H groups in total. The van der Waals surface area contributed by atoms with Crippen LogP contribution in [0.25, 0.3) is 0 Å². The molecule has 0 aliphatic carbocycles. The molecule has 2 rings (SSSR count). The molecule has 22 heavy (non-hydrogen) atoms. The van der Waals surface area contributed by atoms with Crippen molar-refractivity contribution in [2.45, 2.75) is 52.5 Å². The van der Waals surface area contributed by atoms with Crippen LogP contribution in [0.1, 0.15) is 62.2 Å². The van der Waals surface area contributed by atoms with Crippen molar-refractivity contribution < 1.29 is 9.90 Å². The first-order valence-corrected chi connectivity index (χ1v) is 7.61. The second-order valence-electron chi connectivity index (χ2n) is 6.68. The summed E-state index contributed by atoms with van der Waals surface area (Å²) >= 11 is 0. The van der Waals surface area contributed by atoms with Crippen molar-refractivity contribution in [1.82, 2.24) is 9.78 Å². The maximum Gasteiger partial charge on any atom is 0.221 e. The van der Waals surface area contributed by atoms with Crippen LogP contribution in [0.5, 0.6) is 5.88 Å². The Morgan fingerprint density at radius 1 is 1.27 bits per heavy atom. The lowest BCUT2D eigenvalue weighted by atomic mass is 9.95. The molecule has 118 valence electrons.